The van der Waals surface area contributed by atoms with E-state index in [1.807, 2.05) is 0 Å². The number of nitrogens with one attached hydrogen (secondary N) is 2. The summed E-state index contributed by atoms with van der Waals surface area (Å²) in [6.45, 7) is 0. The van der Waals surface area contributed by atoms with Gasteiger partial charge >= 0.3 is 18.0 Å². The number of imide groups is 1. The molecule has 3 amide bonds. The quantitative estimate of drug-likeness (QED) is 0.386. The van der Waals surface area contributed by atoms with Crippen LogP contribution in [0.5, 0.6) is 0 Å². The van der Waals surface area contributed by atoms with E-state index in [9.17, 15) is 19.2 Å². The van der Waals surface area contributed by atoms with Crippen LogP contribution in [0.15, 0.2) is 0 Å². The van der Waals surface area contributed by atoms with Crippen molar-refractivity contribution in [3.8, 4) is 0 Å². The average molecular weight is 268 g/mol. The Morgan fingerprint density at radius 2 is 1.53 bits per heavy atom. The first-order valence-electron chi connectivity index (χ1n) is 5.84. The van der Waals surface area contributed by atoms with Crippen molar-refractivity contribution >= 4 is 23.9 Å². The lowest BCUT2D eigenvalue weighted by molar-refractivity contribution is -0.199. The van der Waals surface area contributed by atoms with E-state index in [-0.39, 0.29) is 12.8 Å². The SMILES string of the molecule is O=C1NC(=O)C2(CC3(C2)CC(C(=O)O)(C(=O)O)C3)N1. The van der Waals surface area contributed by atoms with Crippen LogP contribution in [-0.4, -0.2) is 39.6 Å². The molecule has 2 spiro atoms. The van der Waals surface area contributed by atoms with Crippen LogP contribution in [-0.2, 0) is 14.4 Å². The first kappa shape index (κ1) is 11.9. The molecule has 3 rings (SSSR count). The highest BCUT2D eigenvalue weighted by Gasteiger charge is 2.73. The molecule has 0 aromatic carbocycles. The predicted molar refractivity (Wildman–Crippen MR) is 58.0 cm³/mol. The third kappa shape index (κ3) is 1.28. The van der Waals surface area contributed by atoms with E-state index in [2.05, 4.69) is 10.6 Å². The van der Waals surface area contributed by atoms with Crippen LogP contribution in [0.25, 0.3) is 0 Å². The molecule has 0 radical (unpaired) electrons. The Morgan fingerprint density at radius 3 is 1.89 bits per heavy atom. The highest BCUT2D eigenvalue weighted by molar-refractivity contribution is 6.08. The first-order valence-corrected chi connectivity index (χ1v) is 5.84. The molecular weight excluding hydrogens is 256 g/mol. The van der Waals surface area contributed by atoms with Crippen LogP contribution in [0, 0.1) is 10.8 Å². The van der Waals surface area contributed by atoms with Crippen LogP contribution in [0.3, 0.4) is 0 Å². The number of carboxylic acid groups (broad SMARTS) is 2. The van der Waals surface area contributed by atoms with Gasteiger partial charge in [-0.2, -0.15) is 0 Å². The molecule has 3 fully saturated rings. The monoisotopic (exact) mass is 268 g/mol. The molecule has 2 aliphatic carbocycles. The van der Waals surface area contributed by atoms with Gasteiger partial charge in [0.15, 0.2) is 5.41 Å². The van der Waals surface area contributed by atoms with Gasteiger partial charge in [0.05, 0.1) is 0 Å². The minimum Gasteiger partial charge on any atom is -0.480 e. The first-order chi connectivity index (χ1) is 8.74. The molecule has 4 N–H and O–H groups in total. The maximum atomic E-state index is 11.6. The van der Waals surface area contributed by atoms with Crippen LogP contribution in [0.1, 0.15) is 25.7 Å². The molecule has 0 atom stereocenters. The number of carboxylic acids is 2. The summed E-state index contributed by atoms with van der Waals surface area (Å²) in [7, 11) is 0. The van der Waals surface area contributed by atoms with Gasteiger partial charge in [-0.05, 0) is 31.1 Å². The Morgan fingerprint density at radius 1 is 1.00 bits per heavy atom. The zero-order chi connectivity index (χ0) is 14.1. The predicted octanol–water partition coefficient (Wildman–Crippen LogP) is -0.706. The molecule has 0 aromatic rings. The Bertz CT molecular complexity index is 509. The summed E-state index contributed by atoms with van der Waals surface area (Å²) in [6, 6.07) is -0.554. The fourth-order valence-electron chi connectivity index (χ4n) is 3.88. The highest BCUT2D eigenvalue weighted by atomic mass is 16.4. The second-order valence-corrected chi connectivity index (χ2v) is 5.89. The molecule has 0 bridgehead atoms. The van der Waals surface area contributed by atoms with Crippen molar-refractivity contribution in [2.24, 2.45) is 10.8 Å². The normalized spacial score (nSPS) is 28.2. The number of rotatable bonds is 2. The van der Waals surface area contributed by atoms with Crippen LogP contribution in [0.2, 0.25) is 0 Å². The molecule has 0 unspecified atom stereocenters. The fourth-order valence-corrected chi connectivity index (χ4v) is 3.88. The second-order valence-electron chi connectivity index (χ2n) is 5.89. The molecular formula is C11H12N2O6. The number of aliphatic carboxylic acids is 2. The van der Waals surface area contributed by atoms with Gasteiger partial charge in [-0.1, -0.05) is 0 Å². The summed E-state index contributed by atoms with van der Waals surface area (Å²) < 4.78 is 0. The molecule has 102 valence electrons. The number of carbonyl (C=O) groups is 4. The molecule has 0 aromatic heterocycles. The smallest absolute Gasteiger partial charge is 0.322 e. The van der Waals surface area contributed by atoms with Crippen molar-refractivity contribution in [1.29, 1.82) is 0 Å². The lowest BCUT2D eigenvalue weighted by atomic mass is 9.40. The number of carbonyl (C=O) groups excluding carboxylic acids is 2. The summed E-state index contributed by atoms with van der Waals surface area (Å²) in [4.78, 5) is 44.9. The second kappa shape index (κ2) is 3.06. The molecule has 1 heterocycles. The number of urea groups is 1. The number of amides is 3. The largest absolute Gasteiger partial charge is 0.480 e. The van der Waals surface area contributed by atoms with E-state index in [0.29, 0.717) is 12.8 Å². The molecule has 3 aliphatic rings. The van der Waals surface area contributed by atoms with Crippen molar-refractivity contribution in [3.63, 3.8) is 0 Å². The van der Waals surface area contributed by atoms with Gasteiger partial charge < -0.3 is 15.5 Å². The Labute approximate surface area is 107 Å². The van der Waals surface area contributed by atoms with E-state index in [1.54, 1.807) is 0 Å². The molecule has 8 heteroatoms. The summed E-state index contributed by atoms with van der Waals surface area (Å²) in [5.74, 6) is -3.09. The van der Waals surface area contributed by atoms with Crippen molar-refractivity contribution in [2.75, 3.05) is 0 Å². The van der Waals surface area contributed by atoms with E-state index in [1.165, 1.54) is 0 Å². The van der Waals surface area contributed by atoms with Gasteiger partial charge in [0.2, 0.25) is 0 Å². The lowest BCUT2D eigenvalue weighted by Gasteiger charge is -2.62. The maximum absolute atomic E-state index is 11.6. The topological polar surface area (TPSA) is 133 Å². The minimum atomic E-state index is -1.74. The van der Waals surface area contributed by atoms with Crippen molar-refractivity contribution in [2.45, 2.75) is 31.2 Å². The molecule has 1 saturated heterocycles. The summed E-state index contributed by atoms with van der Waals surface area (Å²) in [5, 5.41) is 22.7. The van der Waals surface area contributed by atoms with E-state index < -0.39 is 40.2 Å². The molecule has 8 nitrogen and oxygen atoms in total. The van der Waals surface area contributed by atoms with Crippen molar-refractivity contribution < 1.29 is 29.4 Å². The average Bonchev–Trinajstić information content (AvgIpc) is 2.45. The van der Waals surface area contributed by atoms with E-state index >= 15 is 0 Å². The fraction of sp³-hybridized carbons (Fsp3) is 0.636. The summed E-state index contributed by atoms with van der Waals surface area (Å²) in [5.41, 5.74) is -3.15. The van der Waals surface area contributed by atoms with Gasteiger partial charge in [0, 0.05) is 0 Å². The van der Waals surface area contributed by atoms with Crippen LogP contribution in [0.4, 0.5) is 4.79 Å². The maximum Gasteiger partial charge on any atom is 0.322 e. The Kier molecular flexibility index (Phi) is 1.93. The highest BCUT2D eigenvalue weighted by Crippen LogP contribution is 2.68. The standard InChI is InChI=1S/C11H12N2O6/c14-5-11(13-8(19)12-5)3-9(4-11)1-10(2-9,6(15)16)7(17)18/h1-4H2,(H,15,16)(H,17,18)(H2,12,13,14,19). The molecule has 2 saturated carbocycles. The van der Waals surface area contributed by atoms with Gasteiger partial charge in [0.1, 0.15) is 5.54 Å². The van der Waals surface area contributed by atoms with Crippen molar-refractivity contribution in [1.82, 2.24) is 10.6 Å². The molecule has 1 aliphatic heterocycles. The van der Waals surface area contributed by atoms with Crippen LogP contribution < -0.4 is 10.6 Å². The van der Waals surface area contributed by atoms with Gasteiger partial charge in [0.25, 0.3) is 5.91 Å². The lowest BCUT2D eigenvalue weighted by Crippen LogP contribution is -2.70. The Balaban J connectivity index is 1.73. The van der Waals surface area contributed by atoms with E-state index in [0.717, 1.165) is 0 Å². The van der Waals surface area contributed by atoms with E-state index in [4.69, 9.17) is 10.2 Å². The van der Waals surface area contributed by atoms with Crippen molar-refractivity contribution in [3.05, 3.63) is 0 Å². The van der Waals surface area contributed by atoms with Crippen LogP contribution >= 0.6 is 0 Å². The number of hydrogen-bond acceptors (Lipinski definition) is 4. The Hall–Kier alpha value is -2.12. The van der Waals surface area contributed by atoms with Gasteiger partial charge in [-0.3, -0.25) is 19.7 Å². The third-order valence-corrected chi connectivity index (χ3v) is 4.54. The number of hydrogen-bond donors (Lipinski definition) is 4. The zero-order valence-electron chi connectivity index (χ0n) is 9.86. The zero-order valence-corrected chi connectivity index (χ0v) is 9.86. The van der Waals surface area contributed by atoms with Gasteiger partial charge in [-0.15, -0.1) is 0 Å². The third-order valence-electron chi connectivity index (χ3n) is 4.54. The minimum absolute atomic E-state index is 0.00949. The molecule has 19 heavy (non-hydrogen) atoms. The summed E-state index contributed by atoms with van der Waals surface area (Å²) >= 11 is 0. The van der Waals surface area contributed by atoms with Gasteiger partial charge in [-0.25, -0.2) is 4.79 Å². The summed E-state index contributed by atoms with van der Waals surface area (Å²) in [6.07, 6.45) is 0.630.